The van der Waals surface area contributed by atoms with Gasteiger partial charge in [-0.15, -0.1) is 0 Å². The molecule has 1 aliphatic rings. The van der Waals surface area contributed by atoms with Crippen molar-refractivity contribution in [3.63, 3.8) is 0 Å². The second-order valence-electron chi connectivity index (χ2n) is 5.36. The number of ketones is 1. The van der Waals surface area contributed by atoms with Crippen LogP contribution in [0, 0.1) is 6.92 Å². The molecule has 4 nitrogen and oxygen atoms in total. The van der Waals surface area contributed by atoms with E-state index in [4.69, 9.17) is 16.3 Å². The second kappa shape index (κ2) is 5.53. The molecule has 1 aromatic heterocycles. The highest BCUT2D eigenvalue weighted by Crippen LogP contribution is 2.27. The van der Waals surface area contributed by atoms with Crippen LogP contribution in [0.4, 0.5) is 0 Å². The highest BCUT2D eigenvalue weighted by molar-refractivity contribution is 6.30. The number of aryl methyl sites for hydroxylation is 3. The van der Waals surface area contributed by atoms with Crippen LogP contribution < -0.4 is 4.74 Å². The summed E-state index contributed by atoms with van der Waals surface area (Å²) in [4.78, 5) is 11.8. The van der Waals surface area contributed by atoms with Crippen molar-refractivity contribution < 1.29 is 9.53 Å². The maximum Gasteiger partial charge on any atom is 0.163 e. The van der Waals surface area contributed by atoms with Gasteiger partial charge in [0, 0.05) is 24.6 Å². The number of hydrogen-bond acceptors (Lipinski definition) is 3. The lowest BCUT2D eigenvalue weighted by atomic mass is 9.90. The van der Waals surface area contributed by atoms with Gasteiger partial charge in [0.15, 0.2) is 5.78 Å². The summed E-state index contributed by atoms with van der Waals surface area (Å²) in [6.45, 7) is 2.29. The van der Waals surface area contributed by atoms with E-state index < -0.39 is 0 Å². The van der Waals surface area contributed by atoms with Crippen molar-refractivity contribution in [1.29, 1.82) is 0 Å². The minimum atomic E-state index is 0.231. The number of fused-ring (bicyclic) bond motifs is 1. The number of halogens is 1. The van der Waals surface area contributed by atoms with Gasteiger partial charge in [-0.2, -0.15) is 5.10 Å². The molecule has 0 unspecified atom stereocenters. The zero-order valence-corrected chi connectivity index (χ0v) is 12.9. The summed E-state index contributed by atoms with van der Waals surface area (Å²) in [7, 11) is 1.81. The molecule has 0 aliphatic heterocycles. The van der Waals surface area contributed by atoms with Gasteiger partial charge in [0.05, 0.1) is 5.69 Å². The predicted molar refractivity (Wildman–Crippen MR) is 81.0 cm³/mol. The van der Waals surface area contributed by atoms with Gasteiger partial charge < -0.3 is 4.74 Å². The molecular formula is C16H17ClN2O2. The standard InChI is InChI=1S/C16H17ClN2O2/c1-10-14(16(17)19(2)18-10)9-21-12-6-7-13-11(8-12)4-3-5-15(13)20/h6-8H,3-5,9H2,1-2H3. The van der Waals surface area contributed by atoms with E-state index in [1.807, 2.05) is 32.2 Å². The first kappa shape index (κ1) is 14.1. The fourth-order valence-electron chi connectivity index (χ4n) is 2.71. The summed E-state index contributed by atoms with van der Waals surface area (Å²) in [5, 5.41) is 4.86. The monoisotopic (exact) mass is 304 g/mol. The third kappa shape index (κ3) is 2.68. The van der Waals surface area contributed by atoms with Crippen LogP contribution in [0.2, 0.25) is 5.15 Å². The highest BCUT2D eigenvalue weighted by atomic mass is 35.5. The van der Waals surface area contributed by atoms with E-state index in [2.05, 4.69) is 5.10 Å². The Labute approximate surface area is 128 Å². The molecule has 2 aromatic rings. The van der Waals surface area contributed by atoms with Crippen LogP contribution >= 0.6 is 11.6 Å². The van der Waals surface area contributed by atoms with E-state index in [9.17, 15) is 4.79 Å². The largest absolute Gasteiger partial charge is 0.489 e. The summed E-state index contributed by atoms with van der Waals surface area (Å²) in [5.41, 5.74) is 3.69. The third-order valence-electron chi connectivity index (χ3n) is 3.88. The first-order valence-corrected chi connectivity index (χ1v) is 7.41. The normalized spacial score (nSPS) is 14.1. The summed E-state index contributed by atoms with van der Waals surface area (Å²) in [6, 6.07) is 5.68. The quantitative estimate of drug-likeness (QED) is 0.872. The average Bonchev–Trinajstić information content (AvgIpc) is 2.70. The smallest absolute Gasteiger partial charge is 0.163 e. The fraction of sp³-hybridized carbons (Fsp3) is 0.375. The zero-order valence-electron chi connectivity index (χ0n) is 12.1. The molecule has 1 aliphatic carbocycles. The minimum absolute atomic E-state index is 0.231. The lowest BCUT2D eigenvalue weighted by Crippen LogP contribution is -2.10. The van der Waals surface area contributed by atoms with Crippen molar-refractivity contribution in [1.82, 2.24) is 9.78 Å². The molecule has 0 N–H and O–H groups in total. The van der Waals surface area contributed by atoms with Gasteiger partial charge in [-0.3, -0.25) is 9.48 Å². The molecule has 110 valence electrons. The van der Waals surface area contributed by atoms with Crippen molar-refractivity contribution >= 4 is 17.4 Å². The van der Waals surface area contributed by atoms with Gasteiger partial charge in [0.2, 0.25) is 0 Å². The predicted octanol–water partition coefficient (Wildman–Crippen LogP) is 3.48. The van der Waals surface area contributed by atoms with E-state index in [1.54, 1.807) is 4.68 Å². The van der Waals surface area contributed by atoms with Crippen molar-refractivity contribution in [2.45, 2.75) is 32.8 Å². The number of nitrogens with zero attached hydrogens (tertiary/aromatic N) is 2. The Kier molecular flexibility index (Phi) is 3.72. The maximum atomic E-state index is 11.8. The molecule has 0 saturated carbocycles. The molecule has 5 heteroatoms. The summed E-state index contributed by atoms with van der Waals surface area (Å²) >= 11 is 6.19. The Balaban J connectivity index is 1.78. The first-order chi connectivity index (χ1) is 10.1. The van der Waals surface area contributed by atoms with Crippen LogP contribution in [0.1, 0.15) is 40.0 Å². The van der Waals surface area contributed by atoms with Gasteiger partial charge in [-0.1, -0.05) is 11.6 Å². The van der Waals surface area contributed by atoms with Gasteiger partial charge in [-0.05, 0) is 43.5 Å². The molecule has 0 atom stereocenters. The van der Waals surface area contributed by atoms with E-state index in [-0.39, 0.29) is 5.78 Å². The molecule has 0 fully saturated rings. The van der Waals surface area contributed by atoms with Crippen LogP contribution in [0.25, 0.3) is 0 Å². The molecule has 21 heavy (non-hydrogen) atoms. The molecule has 1 aromatic carbocycles. The van der Waals surface area contributed by atoms with E-state index in [1.165, 1.54) is 0 Å². The van der Waals surface area contributed by atoms with E-state index in [0.717, 1.165) is 41.0 Å². The van der Waals surface area contributed by atoms with E-state index in [0.29, 0.717) is 18.2 Å². The number of ether oxygens (including phenoxy) is 1. The van der Waals surface area contributed by atoms with Crippen molar-refractivity contribution in [2.75, 3.05) is 0 Å². The van der Waals surface area contributed by atoms with Crippen LogP contribution in [0.15, 0.2) is 18.2 Å². The van der Waals surface area contributed by atoms with Gasteiger partial charge >= 0.3 is 0 Å². The Morgan fingerprint density at radius 1 is 1.38 bits per heavy atom. The number of benzene rings is 1. The number of carbonyl (C=O) groups is 1. The van der Waals surface area contributed by atoms with Crippen molar-refractivity contribution in [3.8, 4) is 5.75 Å². The first-order valence-electron chi connectivity index (χ1n) is 7.03. The van der Waals surface area contributed by atoms with Gasteiger partial charge in [0.1, 0.15) is 17.5 Å². The van der Waals surface area contributed by atoms with Crippen LogP contribution in [-0.4, -0.2) is 15.6 Å². The minimum Gasteiger partial charge on any atom is -0.489 e. The Bertz CT molecular complexity index is 707. The summed E-state index contributed by atoms with van der Waals surface area (Å²) < 4.78 is 7.46. The lowest BCUT2D eigenvalue weighted by Gasteiger charge is -2.16. The van der Waals surface area contributed by atoms with Crippen molar-refractivity contribution in [3.05, 3.63) is 45.7 Å². The highest BCUT2D eigenvalue weighted by Gasteiger charge is 2.18. The topological polar surface area (TPSA) is 44.1 Å². The molecule has 0 spiro atoms. The van der Waals surface area contributed by atoms with Gasteiger partial charge in [0.25, 0.3) is 0 Å². The molecule has 0 saturated heterocycles. The molecule has 3 rings (SSSR count). The van der Waals surface area contributed by atoms with Crippen molar-refractivity contribution in [2.24, 2.45) is 7.05 Å². The summed E-state index contributed by atoms with van der Waals surface area (Å²) in [6.07, 6.45) is 2.51. The number of Topliss-reactive ketones (excluding diaryl/α,β-unsaturated/α-hetero) is 1. The number of hydrogen-bond donors (Lipinski definition) is 0. The molecule has 0 radical (unpaired) electrons. The SMILES string of the molecule is Cc1nn(C)c(Cl)c1COc1ccc2c(c1)CCCC2=O. The molecule has 1 heterocycles. The van der Waals surface area contributed by atoms with Gasteiger partial charge in [-0.25, -0.2) is 0 Å². The van der Waals surface area contributed by atoms with Crippen LogP contribution in [0.3, 0.4) is 0 Å². The number of carbonyl (C=O) groups excluding carboxylic acids is 1. The maximum absolute atomic E-state index is 11.8. The second-order valence-corrected chi connectivity index (χ2v) is 5.72. The third-order valence-corrected chi connectivity index (χ3v) is 4.35. The van der Waals surface area contributed by atoms with Crippen LogP contribution in [-0.2, 0) is 20.1 Å². The van der Waals surface area contributed by atoms with E-state index >= 15 is 0 Å². The Morgan fingerprint density at radius 2 is 2.19 bits per heavy atom. The van der Waals surface area contributed by atoms with Crippen LogP contribution in [0.5, 0.6) is 5.75 Å². The number of aromatic nitrogens is 2. The molecular weight excluding hydrogens is 288 g/mol. The lowest BCUT2D eigenvalue weighted by molar-refractivity contribution is 0.0972. The average molecular weight is 305 g/mol. The molecule has 0 bridgehead atoms. The Hall–Kier alpha value is -1.81. The Morgan fingerprint density at radius 3 is 2.90 bits per heavy atom. The summed E-state index contributed by atoms with van der Waals surface area (Å²) in [5.74, 6) is 0.997. The zero-order chi connectivity index (χ0) is 15.0. The molecule has 0 amide bonds. The number of rotatable bonds is 3. The fourth-order valence-corrected chi connectivity index (χ4v) is 2.94.